The van der Waals surface area contributed by atoms with Crippen molar-refractivity contribution in [3.63, 3.8) is 0 Å². The van der Waals surface area contributed by atoms with Gasteiger partial charge in [-0.25, -0.2) is 4.98 Å². The van der Waals surface area contributed by atoms with Crippen LogP contribution in [0.1, 0.15) is 42.3 Å². The number of pyridine rings is 1. The molecule has 0 saturated carbocycles. The largest absolute Gasteiger partial charge is 0.346 e. The summed E-state index contributed by atoms with van der Waals surface area (Å²) in [4.78, 5) is 19.8. The van der Waals surface area contributed by atoms with Gasteiger partial charge in [-0.1, -0.05) is 32.9 Å². The van der Waals surface area contributed by atoms with Crippen LogP contribution in [0.3, 0.4) is 0 Å². The molecule has 0 aliphatic carbocycles. The number of hydrogen-bond donors (Lipinski definition) is 2. The lowest BCUT2D eigenvalue weighted by molar-refractivity contribution is 0.102. The monoisotopic (exact) mass is 307 g/mol. The Morgan fingerprint density at radius 3 is 2.65 bits per heavy atom. The molecular formula is C19H21N3O. The Morgan fingerprint density at radius 1 is 1.17 bits per heavy atom. The summed E-state index contributed by atoms with van der Waals surface area (Å²) in [6, 6.07) is 9.85. The summed E-state index contributed by atoms with van der Waals surface area (Å²) in [6.45, 7) is 8.47. The minimum absolute atomic E-state index is 0.0724. The normalized spacial score (nSPS) is 11.7. The lowest BCUT2D eigenvalue weighted by Gasteiger charge is -2.20. The molecule has 118 valence electrons. The Bertz CT molecular complexity index is 872. The molecule has 23 heavy (non-hydrogen) atoms. The van der Waals surface area contributed by atoms with Crippen LogP contribution in [-0.4, -0.2) is 15.9 Å². The Labute approximate surface area is 136 Å². The molecule has 4 nitrogen and oxygen atoms in total. The molecule has 1 amide bonds. The number of nitrogens with zero attached hydrogens (tertiary/aromatic N) is 1. The molecule has 0 aliphatic rings. The van der Waals surface area contributed by atoms with Gasteiger partial charge >= 0.3 is 0 Å². The van der Waals surface area contributed by atoms with E-state index >= 15 is 0 Å². The van der Waals surface area contributed by atoms with Crippen LogP contribution in [0, 0.1) is 6.92 Å². The number of carbonyl (C=O) groups is 1. The zero-order valence-corrected chi connectivity index (χ0v) is 13.9. The van der Waals surface area contributed by atoms with Gasteiger partial charge in [-0.15, -0.1) is 0 Å². The molecule has 2 aromatic heterocycles. The van der Waals surface area contributed by atoms with Crippen molar-refractivity contribution < 1.29 is 4.79 Å². The number of anilines is 1. The van der Waals surface area contributed by atoms with E-state index in [1.54, 1.807) is 6.20 Å². The van der Waals surface area contributed by atoms with Crippen LogP contribution in [-0.2, 0) is 5.41 Å². The zero-order chi connectivity index (χ0) is 16.6. The van der Waals surface area contributed by atoms with E-state index < -0.39 is 0 Å². The first-order chi connectivity index (χ1) is 10.8. The fraction of sp³-hybridized carbons (Fsp3) is 0.263. The Hall–Kier alpha value is -2.62. The molecule has 0 fully saturated rings. The van der Waals surface area contributed by atoms with Gasteiger partial charge in [-0.2, -0.15) is 0 Å². The van der Waals surface area contributed by atoms with Crippen molar-refractivity contribution in [1.82, 2.24) is 9.97 Å². The van der Waals surface area contributed by atoms with Crippen molar-refractivity contribution in [2.45, 2.75) is 33.1 Å². The van der Waals surface area contributed by atoms with Crippen LogP contribution in [0.2, 0.25) is 0 Å². The molecule has 2 N–H and O–H groups in total. The first kappa shape index (κ1) is 15.3. The number of amides is 1. The van der Waals surface area contributed by atoms with Crippen molar-refractivity contribution in [2.75, 3.05) is 5.32 Å². The van der Waals surface area contributed by atoms with E-state index in [1.165, 1.54) is 5.56 Å². The van der Waals surface area contributed by atoms with Gasteiger partial charge in [0.15, 0.2) is 0 Å². The number of aromatic amines is 1. The van der Waals surface area contributed by atoms with Crippen LogP contribution in [0.25, 0.3) is 11.0 Å². The second-order valence-corrected chi connectivity index (χ2v) is 6.87. The van der Waals surface area contributed by atoms with Gasteiger partial charge in [-0.05, 0) is 41.7 Å². The van der Waals surface area contributed by atoms with Gasteiger partial charge in [0.05, 0.1) is 11.9 Å². The maximum atomic E-state index is 12.5. The smallest absolute Gasteiger partial charge is 0.255 e. The fourth-order valence-corrected chi connectivity index (χ4v) is 2.59. The summed E-state index contributed by atoms with van der Waals surface area (Å²) >= 11 is 0. The molecule has 2 heterocycles. The van der Waals surface area contributed by atoms with Crippen LogP contribution in [0.4, 0.5) is 5.69 Å². The summed E-state index contributed by atoms with van der Waals surface area (Å²) < 4.78 is 0. The molecule has 0 atom stereocenters. The Balaban J connectivity index is 1.85. The number of nitrogens with one attached hydrogen (secondary N) is 2. The van der Waals surface area contributed by atoms with E-state index in [9.17, 15) is 4.79 Å². The van der Waals surface area contributed by atoms with Gasteiger partial charge in [0.25, 0.3) is 5.91 Å². The number of hydrogen-bond acceptors (Lipinski definition) is 2. The molecule has 0 bridgehead atoms. The molecule has 3 rings (SSSR count). The fourth-order valence-electron chi connectivity index (χ4n) is 2.59. The second-order valence-electron chi connectivity index (χ2n) is 6.87. The SMILES string of the molecule is Cc1cc(C(C)(C)C)ccc1C(=O)Nc1cnc2[nH]ccc2c1. The highest BCUT2D eigenvalue weighted by atomic mass is 16.1. The third-order valence-corrected chi connectivity index (χ3v) is 4.00. The molecule has 4 heteroatoms. The van der Waals surface area contributed by atoms with Crippen molar-refractivity contribution in [3.8, 4) is 0 Å². The molecular weight excluding hydrogens is 286 g/mol. The third kappa shape index (κ3) is 3.11. The van der Waals surface area contributed by atoms with Gasteiger partial charge in [0.2, 0.25) is 0 Å². The summed E-state index contributed by atoms with van der Waals surface area (Å²) in [5.41, 5.74) is 4.47. The molecule has 0 saturated heterocycles. The van der Waals surface area contributed by atoms with Crippen molar-refractivity contribution in [1.29, 1.82) is 0 Å². The van der Waals surface area contributed by atoms with Crippen molar-refractivity contribution in [2.24, 2.45) is 0 Å². The zero-order valence-electron chi connectivity index (χ0n) is 13.9. The number of carbonyl (C=O) groups excluding carboxylic acids is 1. The van der Waals surface area contributed by atoms with E-state index in [2.05, 4.69) is 42.1 Å². The van der Waals surface area contributed by atoms with Crippen LogP contribution in [0.5, 0.6) is 0 Å². The van der Waals surface area contributed by atoms with Crippen LogP contribution >= 0.6 is 0 Å². The van der Waals surface area contributed by atoms with Crippen molar-refractivity contribution >= 4 is 22.6 Å². The predicted octanol–water partition coefficient (Wildman–Crippen LogP) is 4.42. The molecule has 0 unspecified atom stereocenters. The summed E-state index contributed by atoms with van der Waals surface area (Å²) in [5, 5.41) is 3.90. The van der Waals surface area contributed by atoms with E-state index in [4.69, 9.17) is 0 Å². The molecule has 0 aliphatic heterocycles. The average molecular weight is 307 g/mol. The Kier molecular flexibility index (Phi) is 3.68. The number of rotatable bonds is 2. The van der Waals surface area contributed by atoms with E-state index in [0.717, 1.165) is 16.6 Å². The standard InChI is InChI=1S/C19H21N3O/c1-12-9-14(19(2,3)4)5-6-16(12)18(23)22-15-10-13-7-8-20-17(13)21-11-15/h5-11H,1-4H3,(H,20,21)(H,22,23). The van der Waals surface area contributed by atoms with E-state index in [-0.39, 0.29) is 11.3 Å². The maximum absolute atomic E-state index is 12.5. The van der Waals surface area contributed by atoms with Crippen LogP contribution in [0.15, 0.2) is 42.7 Å². The third-order valence-electron chi connectivity index (χ3n) is 4.00. The number of aryl methyl sites for hydroxylation is 1. The van der Waals surface area contributed by atoms with Gasteiger partial charge in [-0.3, -0.25) is 4.79 Å². The topological polar surface area (TPSA) is 57.8 Å². The van der Waals surface area contributed by atoms with E-state index in [1.807, 2.05) is 37.4 Å². The summed E-state index contributed by atoms with van der Waals surface area (Å²) in [5.74, 6) is -0.111. The quantitative estimate of drug-likeness (QED) is 0.736. The number of aromatic nitrogens is 2. The minimum atomic E-state index is -0.111. The number of H-pyrrole nitrogens is 1. The maximum Gasteiger partial charge on any atom is 0.255 e. The minimum Gasteiger partial charge on any atom is -0.346 e. The highest BCUT2D eigenvalue weighted by Gasteiger charge is 2.16. The average Bonchev–Trinajstić information content (AvgIpc) is 2.93. The number of fused-ring (bicyclic) bond motifs is 1. The number of benzene rings is 1. The van der Waals surface area contributed by atoms with E-state index in [0.29, 0.717) is 11.3 Å². The first-order valence-corrected chi connectivity index (χ1v) is 7.70. The van der Waals surface area contributed by atoms with Crippen molar-refractivity contribution in [3.05, 3.63) is 59.4 Å². The van der Waals surface area contributed by atoms with Gasteiger partial charge in [0, 0.05) is 17.1 Å². The lowest BCUT2D eigenvalue weighted by Crippen LogP contribution is -2.16. The lowest BCUT2D eigenvalue weighted by atomic mass is 9.85. The summed E-state index contributed by atoms with van der Waals surface area (Å²) in [6.07, 6.45) is 3.49. The summed E-state index contributed by atoms with van der Waals surface area (Å²) in [7, 11) is 0. The molecule has 0 radical (unpaired) electrons. The highest BCUT2D eigenvalue weighted by molar-refractivity contribution is 6.05. The van der Waals surface area contributed by atoms with Gasteiger partial charge in [0.1, 0.15) is 5.65 Å². The highest BCUT2D eigenvalue weighted by Crippen LogP contribution is 2.25. The Morgan fingerprint density at radius 2 is 1.96 bits per heavy atom. The second kappa shape index (κ2) is 5.54. The van der Waals surface area contributed by atoms with Crippen LogP contribution < -0.4 is 5.32 Å². The predicted molar refractivity (Wildman–Crippen MR) is 93.9 cm³/mol. The first-order valence-electron chi connectivity index (χ1n) is 7.70. The van der Waals surface area contributed by atoms with Gasteiger partial charge < -0.3 is 10.3 Å². The molecule has 1 aromatic carbocycles. The molecule has 0 spiro atoms. The molecule has 3 aromatic rings.